The highest BCUT2D eigenvalue weighted by Crippen LogP contribution is 2.22. The van der Waals surface area contributed by atoms with Gasteiger partial charge in [0.1, 0.15) is 17.4 Å². The summed E-state index contributed by atoms with van der Waals surface area (Å²) in [6.45, 7) is 2.64. The second-order valence-electron chi connectivity index (χ2n) is 7.49. The Labute approximate surface area is 195 Å². The SMILES string of the molecule is CCCOc1ccc(C#Cc2cc(F)c(C#Cc3ccc4c(F)c(F)ccc4c3)c(F)c2)cc1. The molecule has 1 nitrogen and oxygen atoms in total. The van der Waals surface area contributed by atoms with Gasteiger partial charge in [-0.15, -0.1) is 0 Å². The highest BCUT2D eigenvalue weighted by Gasteiger charge is 2.09. The molecule has 0 aliphatic carbocycles. The number of halogens is 4. The van der Waals surface area contributed by atoms with E-state index in [9.17, 15) is 17.6 Å². The number of hydrogen-bond donors (Lipinski definition) is 0. The minimum atomic E-state index is -0.952. The van der Waals surface area contributed by atoms with Crippen molar-refractivity contribution in [2.24, 2.45) is 0 Å². The van der Waals surface area contributed by atoms with Gasteiger partial charge in [0.2, 0.25) is 0 Å². The van der Waals surface area contributed by atoms with Gasteiger partial charge in [-0.05, 0) is 66.4 Å². The Morgan fingerprint density at radius 1 is 0.647 bits per heavy atom. The summed E-state index contributed by atoms with van der Waals surface area (Å²) in [5.41, 5.74) is 0.872. The van der Waals surface area contributed by atoms with Crippen LogP contribution in [0.2, 0.25) is 0 Å². The molecule has 168 valence electrons. The van der Waals surface area contributed by atoms with Crippen molar-refractivity contribution in [2.75, 3.05) is 6.61 Å². The van der Waals surface area contributed by atoms with E-state index in [0.29, 0.717) is 23.1 Å². The van der Waals surface area contributed by atoms with E-state index < -0.39 is 28.8 Å². The standard InChI is InChI=1S/C29H18F4O/c1-2-15-34-23-10-5-19(6-11-23)3-4-21-17-27(31)25(28(32)18-21)13-8-20-7-12-24-22(16-20)9-14-26(30)29(24)33/h5-7,9-12,14,16-18H,2,15H2,1H3. The van der Waals surface area contributed by atoms with E-state index in [4.69, 9.17) is 4.74 Å². The van der Waals surface area contributed by atoms with Gasteiger partial charge < -0.3 is 4.74 Å². The molecule has 34 heavy (non-hydrogen) atoms. The van der Waals surface area contributed by atoms with E-state index >= 15 is 0 Å². The first kappa shape index (κ1) is 23.0. The third kappa shape index (κ3) is 5.22. The molecule has 0 radical (unpaired) electrons. The van der Waals surface area contributed by atoms with E-state index in [1.54, 1.807) is 24.3 Å². The van der Waals surface area contributed by atoms with E-state index in [1.807, 2.05) is 6.92 Å². The van der Waals surface area contributed by atoms with E-state index in [2.05, 4.69) is 23.7 Å². The van der Waals surface area contributed by atoms with Gasteiger partial charge in [-0.2, -0.15) is 0 Å². The Morgan fingerprint density at radius 2 is 1.29 bits per heavy atom. The molecule has 0 unspecified atom stereocenters. The lowest BCUT2D eigenvalue weighted by Gasteiger charge is -2.03. The molecule has 0 bridgehead atoms. The summed E-state index contributed by atoms with van der Waals surface area (Å²) in [7, 11) is 0. The van der Waals surface area contributed by atoms with Crippen molar-refractivity contribution >= 4 is 10.8 Å². The molecular formula is C29H18F4O. The second-order valence-corrected chi connectivity index (χ2v) is 7.49. The van der Waals surface area contributed by atoms with Crippen molar-refractivity contribution < 1.29 is 22.3 Å². The summed E-state index contributed by atoms with van der Waals surface area (Å²) in [4.78, 5) is 0. The minimum Gasteiger partial charge on any atom is -0.494 e. The lowest BCUT2D eigenvalue weighted by molar-refractivity contribution is 0.317. The Morgan fingerprint density at radius 3 is 2.00 bits per heavy atom. The van der Waals surface area contributed by atoms with Gasteiger partial charge in [-0.25, -0.2) is 17.6 Å². The topological polar surface area (TPSA) is 9.23 Å². The number of hydrogen-bond acceptors (Lipinski definition) is 1. The zero-order valence-corrected chi connectivity index (χ0v) is 18.2. The van der Waals surface area contributed by atoms with Crippen molar-refractivity contribution in [3.8, 4) is 29.4 Å². The van der Waals surface area contributed by atoms with Crippen molar-refractivity contribution in [3.63, 3.8) is 0 Å². The summed E-state index contributed by atoms with van der Waals surface area (Å²) in [6.07, 6.45) is 0.905. The van der Waals surface area contributed by atoms with Gasteiger partial charge in [-0.3, -0.25) is 0 Å². The van der Waals surface area contributed by atoms with Gasteiger partial charge in [0, 0.05) is 22.1 Å². The van der Waals surface area contributed by atoms with Crippen LogP contribution >= 0.6 is 0 Å². The Balaban J connectivity index is 1.55. The minimum absolute atomic E-state index is 0.106. The fraction of sp³-hybridized carbons (Fsp3) is 0.103. The zero-order valence-electron chi connectivity index (χ0n) is 18.2. The highest BCUT2D eigenvalue weighted by molar-refractivity contribution is 5.84. The molecule has 0 amide bonds. The van der Waals surface area contributed by atoms with Crippen molar-refractivity contribution in [1.29, 1.82) is 0 Å². The van der Waals surface area contributed by atoms with Crippen LogP contribution in [-0.4, -0.2) is 6.61 Å². The molecule has 5 heteroatoms. The average Bonchev–Trinajstić information content (AvgIpc) is 2.84. The fourth-order valence-electron chi connectivity index (χ4n) is 3.24. The maximum Gasteiger partial charge on any atom is 0.166 e. The van der Waals surface area contributed by atoms with Gasteiger partial charge in [0.25, 0.3) is 0 Å². The Hall–Kier alpha value is -4.22. The average molecular weight is 458 g/mol. The second kappa shape index (κ2) is 10.1. The predicted molar refractivity (Wildman–Crippen MR) is 124 cm³/mol. The highest BCUT2D eigenvalue weighted by atomic mass is 19.2. The molecular weight excluding hydrogens is 440 g/mol. The van der Waals surface area contributed by atoms with E-state index in [-0.39, 0.29) is 10.9 Å². The monoisotopic (exact) mass is 458 g/mol. The predicted octanol–water partition coefficient (Wildman–Crippen LogP) is 6.98. The van der Waals surface area contributed by atoms with Crippen LogP contribution in [0.15, 0.2) is 66.7 Å². The third-order valence-corrected chi connectivity index (χ3v) is 4.96. The molecule has 0 aliphatic rings. The van der Waals surface area contributed by atoms with Gasteiger partial charge in [0.05, 0.1) is 12.2 Å². The molecule has 0 fully saturated rings. The number of rotatable bonds is 3. The van der Waals surface area contributed by atoms with Crippen LogP contribution in [0.5, 0.6) is 5.75 Å². The van der Waals surface area contributed by atoms with Crippen molar-refractivity contribution in [3.05, 3.63) is 112 Å². The number of benzene rings is 4. The maximum absolute atomic E-state index is 14.5. The smallest absolute Gasteiger partial charge is 0.166 e. The van der Waals surface area contributed by atoms with Crippen LogP contribution in [0.3, 0.4) is 0 Å². The van der Waals surface area contributed by atoms with Crippen LogP contribution in [0.1, 0.15) is 35.6 Å². The summed E-state index contributed by atoms with van der Waals surface area (Å²) in [6, 6.07) is 16.2. The molecule has 0 saturated carbocycles. The molecule has 4 aromatic carbocycles. The van der Waals surface area contributed by atoms with Gasteiger partial charge >= 0.3 is 0 Å². The summed E-state index contributed by atoms with van der Waals surface area (Å²) in [5.74, 6) is 7.93. The third-order valence-electron chi connectivity index (χ3n) is 4.96. The summed E-state index contributed by atoms with van der Waals surface area (Å²) in [5, 5.41) is 0.538. The molecule has 4 rings (SSSR count). The number of ether oxygens (including phenoxy) is 1. The molecule has 0 heterocycles. The van der Waals surface area contributed by atoms with Gasteiger partial charge in [0.15, 0.2) is 11.6 Å². The fourth-order valence-corrected chi connectivity index (χ4v) is 3.24. The quantitative estimate of drug-likeness (QED) is 0.238. The lowest BCUT2D eigenvalue weighted by Crippen LogP contribution is -1.94. The van der Waals surface area contributed by atoms with Crippen LogP contribution in [0.4, 0.5) is 17.6 Å². The molecule has 0 aliphatic heterocycles. The summed E-state index contributed by atoms with van der Waals surface area (Å²) < 4.78 is 61.8. The van der Waals surface area contributed by atoms with Crippen LogP contribution in [0, 0.1) is 47.0 Å². The Bertz CT molecular complexity index is 1460. The first-order chi connectivity index (χ1) is 16.4. The normalized spacial score (nSPS) is 10.3. The Kier molecular flexibility index (Phi) is 6.85. The first-order valence-corrected chi connectivity index (χ1v) is 10.6. The zero-order chi connectivity index (χ0) is 24.1. The molecule has 0 spiro atoms. The van der Waals surface area contributed by atoms with Crippen molar-refractivity contribution in [2.45, 2.75) is 13.3 Å². The van der Waals surface area contributed by atoms with Gasteiger partial charge in [-0.1, -0.05) is 42.7 Å². The lowest BCUT2D eigenvalue weighted by atomic mass is 10.1. The molecule has 0 saturated heterocycles. The largest absolute Gasteiger partial charge is 0.494 e. The van der Waals surface area contributed by atoms with E-state index in [1.165, 1.54) is 24.3 Å². The van der Waals surface area contributed by atoms with Crippen molar-refractivity contribution in [1.82, 2.24) is 0 Å². The molecule has 0 atom stereocenters. The number of fused-ring (bicyclic) bond motifs is 1. The summed E-state index contributed by atoms with van der Waals surface area (Å²) >= 11 is 0. The van der Waals surface area contributed by atoms with E-state index in [0.717, 1.165) is 30.4 Å². The van der Waals surface area contributed by atoms with Crippen LogP contribution in [0.25, 0.3) is 10.8 Å². The van der Waals surface area contributed by atoms with Crippen LogP contribution in [-0.2, 0) is 0 Å². The molecule has 0 aromatic heterocycles. The first-order valence-electron chi connectivity index (χ1n) is 10.6. The molecule has 4 aromatic rings. The maximum atomic E-state index is 14.5. The molecule has 0 N–H and O–H groups in total. The van der Waals surface area contributed by atoms with Crippen LogP contribution < -0.4 is 4.74 Å².